The second-order valence-electron chi connectivity index (χ2n) is 5.63. The van der Waals surface area contributed by atoms with E-state index in [0.29, 0.717) is 21.6 Å². The van der Waals surface area contributed by atoms with Crippen LogP contribution in [0.4, 0.5) is 5.69 Å². The monoisotopic (exact) mass is 444 g/mol. The highest BCUT2D eigenvalue weighted by atomic mass is 79.9. The summed E-state index contributed by atoms with van der Waals surface area (Å²) in [4.78, 5) is 36.2. The standard InChI is InChI=1S/C17H18BrClN2O5/c1-25-14(16(23)21-13-7-10(18)6-11(19)8-13)15(22)20-12-4-3-9(5-12)17(24)26-2/h3-4,6-9,12,14H,5H2,1-2H3,(H,20,22)(H,21,23)/t9-,12+,14+/m1/s1. The maximum Gasteiger partial charge on any atom is 0.312 e. The molecule has 0 aliphatic heterocycles. The molecular weight excluding hydrogens is 428 g/mol. The smallest absolute Gasteiger partial charge is 0.312 e. The van der Waals surface area contributed by atoms with Gasteiger partial charge in [0.25, 0.3) is 11.8 Å². The molecule has 9 heteroatoms. The van der Waals surface area contributed by atoms with Crippen molar-refractivity contribution in [3.05, 3.63) is 39.8 Å². The molecule has 2 N–H and O–H groups in total. The highest BCUT2D eigenvalue weighted by molar-refractivity contribution is 9.10. The maximum atomic E-state index is 12.4. The van der Waals surface area contributed by atoms with Gasteiger partial charge in [0.05, 0.1) is 13.0 Å². The molecule has 0 heterocycles. The Kier molecular flexibility index (Phi) is 7.19. The lowest BCUT2D eigenvalue weighted by Gasteiger charge is -2.18. The lowest BCUT2D eigenvalue weighted by Crippen LogP contribution is -2.47. The van der Waals surface area contributed by atoms with E-state index in [1.54, 1.807) is 30.4 Å². The Morgan fingerprint density at radius 2 is 1.92 bits per heavy atom. The first-order valence-electron chi connectivity index (χ1n) is 7.70. The van der Waals surface area contributed by atoms with Crippen LogP contribution >= 0.6 is 27.5 Å². The predicted octanol–water partition coefficient (Wildman–Crippen LogP) is 2.29. The summed E-state index contributed by atoms with van der Waals surface area (Å²) < 4.78 is 10.4. The fraction of sp³-hybridized carbons (Fsp3) is 0.353. The van der Waals surface area contributed by atoms with Crippen LogP contribution in [0.1, 0.15) is 6.42 Å². The molecule has 0 unspecified atom stereocenters. The molecule has 1 aromatic rings. The van der Waals surface area contributed by atoms with E-state index < -0.39 is 23.8 Å². The van der Waals surface area contributed by atoms with Crippen LogP contribution < -0.4 is 10.6 Å². The van der Waals surface area contributed by atoms with Gasteiger partial charge in [-0.1, -0.05) is 39.7 Å². The molecule has 1 aliphatic carbocycles. The number of carbonyl (C=O) groups is 3. The van der Waals surface area contributed by atoms with Crippen LogP contribution in [0.2, 0.25) is 5.02 Å². The first-order valence-corrected chi connectivity index (χ1v) is 8.87. The van der Waals surface area contributed by atoms with Crippen molar-refractivity contribution in [2.75, 3.05) is 19.5 Å². The fourth-order valence-electron chi connectivity index (χ4n) is 2.56. The van der Waals surface area contributed by atoms with Gasteiger partial charge in [-0.3, -0.25) is 14.4 Å². The number of esters is 1. The molecule has 0 spiro atoms. The van der Waals surface area contributed by atoms with Crippen molar-refractivity contribution < 1.29 is 23.9 Å². The van der Waals surface area contributed by atoms with E-state index in [1.807, 2.05) is 0 Å². The largest absolute Gasteiger partial charge is 0.469 e. The number of nitrogens with one attached hydrogen (secondary N) is 2. The Morgan fingerprint density at radius 1 is 1.19 bits per heavy atom. The van der Waals surface area contributed by atoms with Gasteiger partial charge in [0, 0.05) is 28.3 Å². The zero-order valence-electron chi connectivity index (χ0n) is 14.1. The Labute approximate surface area is 164 Å². The number of anilines is 1. The molecular formula is C17H18BrClN2O5. The minimum atomic E-state index is -1.35. The van der Waals surface area contributed by atoms with Crippen LogP contribution in [-0.2, 0) is 23.9 Å². The summed E-state index contributed by atoms with van der Waals surface area (Å²) in [5.74, 6) is -2.02. The minimum absolute atomic E-state index is 0.370. The number of methoxy groups -OCH3 is 2. The summed E-state index contributed by atoms with van der Waals surface area (Å²) in [6.45, 7) is 0. The third-order valence-electron chi connectivity index (χ3n) is 3.76. The van der Waals surface area contributed by atoms with E-state index in [9.17, 15) is 14.4 Å². The van der Waals surface area contributed by atoms with Crippen LogP contribution in [-0.4, -0.2) is 44.1 Å². The SMILES string of the molecule is COC(=O)[C@@H]1C=C[C@H](NC(=O)[C@H](OC)C(=O)Nc2cc(Cl)cc(Br)c2)C1. The fourth-order valence-corrected chi connectivity index (χ4v) is 3.42. The van der Waals surface area contributed by atoms with Crippen molar-refractivity contribution in [3.63, 3.8) is 0 Å². The summed E-state index contributed by atoms with van der Waals surface area (Å²) in [7, 11) is 2.57. The number of rotatable bonds is 6. The molecule has 0 fully saturated rings. The van der Waals surface area contributed by atoms with Gasteiger partial charge < -0.3 is 20.1 Å². The summed E-state index contributed by atoms with van der Waals surface area (Å²) in [6, 6.07) is 4.49. The summed E-state index contributed by atoms with van der Waals surface area (Å²) in [5.41, 5.74) is 0.427. The number of hydrogen-bond acceptors (Lipinski definition) is 5. The second-order valence-corrected chi connectivity index (χ2v) is 6.98. The van der Waals surface area contributed by atoms with Crippen molar-refractivity contribution in [2.45, 2.75) is 18.6 Å². The third-order valence-corrected chi connectivity index (χ3v) is 4.43. The number of carbonyl (C=O) groups excluding carboxylic acids is 3. The molecule has 0 saturated carbocycles. The number of hydrogen-bond donors (Lipinski definition) is 2. The zero-order chi connectivity index (χ0) is 19.3. The Morgan fingerprint density at radius 3 is 2.54 bits per heavy atom. The van der Waals surface area contributed by atoms with Gasteiger partial charge in [-0.15, -0.1) is 0 Å². The molecule has 2 rings (SSSR count). The highest BCUT2D eigenvalue weighted by Gasteiger charge is 2.31. The molecule has 3 atom stereocenters. The van der Waals surface area contributed by atoms with Crippen LogP contribution in [0.25, 0.3) is 0 Å². The molecule has 2 amide bonds. The first kappa shape index (κ1) is 20.4. The van der Waals surface area contributed by atoms with Crippen molar-refractivity contribution >= 4 is 51.0 Å². The lowest BCUT2D eigenvalue weighted by molar-refractivity contribution is -0.144. The van der Waals surface area contributed by atoms with Gasteiger partial charge in [-0.25, -0.2) is 0 Å². The molecule has 140 valence electrons. The first-order chi connectivity index (χ1) is 12.3. The molecule has 1 aromatic carbocycles. The maximum absolute atomic E-state index is 12.4. The molecule has 0 aromatic heterocycles. The van der Waals surface area contributed by atoms with E-state index in [-0.39, 0.29) is 12.0 Å². The van der Waals surface area contributed by atoms with Crippen LogP contribution in [0.5, 0.6) is 0 Å². The van der Waals surface area contributed by atoms with Gasteiger partial charge in [-0.05, 0) is 24.6 Å². The average molecular weight is 446 g/mol. The van der Waals surface area contributed by atoms with Gasteiger partial charge in [-0.2, -0.15) is 0 Å². The van der Waals surface area contributed by atoms with E-state index in [1.165, 1.54) is 14.2 Å². The Balaban J connectivity index is 1.96. The van der Waals surface area contributed by atoms with Crippen LogP contribution in [0.15, 0.2) is 34.8 Å². The lowest BCUT2D eigenvalue weighted by atomic mass is 10.1. The molecule has 26 heavy (non-hydrogen) atoms. The molecule has 1 aliphatic rings. The molecule has 7 nitrogen and oxygen atoms in total. The van der Waals surface area contributed by atoms with Crippen molar-refractivity contribution in [1.82, 2.24) is 5.32 Å². The number of ether oxygens (including phenoxy) is 2. The number of halogens is 2. The van der Waals surface area contributed by atoms with E-state index >= 15 is 0 Å². The van der Waals surface area contributed by atoms with Crippen molar-refractivity contribution in [2.24, 2.45) is 5.92 Å². The summed E-state index contributed by atoms with van der Waals surface area (Å²) in [5, 5.41) is 5.69. The summed E-state index contributed by atoms with van der Waals surface area (Å²) >= 11 is 9.21. The molecule has 0 saturated heterocycles. The average Bonchev–Trinajstić information content (AvgIpc) is 3.02. The number of amides is 2. The van der Waals surface area contributed by atoms with Gasteiger partial charge >= 0.3 is 5.97 Å². The van der Waals surface area contributed by atoms with Crippen LogP contribution in [0.3, 0.4) is 0 Å². The van der Waals surface area contributed by atoms with Gasteiger partial charge in [0.15, 0.2) is 0 Å². The van der Waals surface area contributed by atoms with Crippen LogP contribution in [0, 0.1) is 5.92 Å². The highest BCUT2D eigenvalue weighted by Crippen LogP contribution is 2.23. The molecule has 0 bridgehead atoms. The Hall–Kier alpha value is -1.90. The molecule has 0 radical (unpaired) electrons. The second kappa shape index (κ2) is 9.16. The number of benzene rings is 1. The van der Waals surface area contributed by atoms with Gasteiger partial charge in [0.1, 0.15) is 0 Å². The van der Waals surface area contributed by atoms with Gasteiger partial charge in [0.2, 0.25) is 6.10 Å². The minimum Gasteiger partial charge on any atom is -0.469 e. The predicted molar refractivity (Wildman–Crippen MR) is 99.8 cm³/mol. The van der Waals surface area contributed by atoms with Crippen molar-refractivity contribution in [1.29, 1.82) is 0 Å². The Bertz CT molecular complexity index is 720. The topological polar surface area (TPSA) is 93.7 Å². The van der Waals surface area contributed by atoms with E-state index in [2.05, 4.69) is 31.3 Å². The normalized spacial score (nSPS) is 19.7. The van der Waals surface area contributed by atoms with Crippen molar-refractivity contribution in [3.8, 4) is 0 Å². The zero-order valence-corrected chi connectivity index (χ0v) is 16.5. The summed E-state index contributed by atoms with van der Waals surface area (Å²) in [6.07, 6.45) is 2.39. The van der Waals surface area contributed by atoms with E-state index in [0.717, 1.165) is 0 Å². The quantitative estimate of drug-likeness (QED) is 0.398. The van der Waals surface area contributed by atoms with E-state index in [4.69, 9.17) is 16.3 Å². The third kappa shape index (κ3) is 5.30.